The minimum Gasteiger partial charge on any atom is -0.438 e. The van der Waals surface area contributed by atoms with Crippen LogP contribution in [0.25, 0.3) is 76.8 Å². The van der Waals surface area contributed by atoms with Gasteiger partial charge >= 0.3 is 0 Å². The number of nitrogens with zero attached hydrogens (tertiary/aromatic N) is 3. The lowest BCUT2D eigenvalue weighted by molar-refractivity contribution is 0.655. The van der Waals surface area contributed by atoms with Gasteiger partial charge in [-0.3, -0.25) is 9.88 Å². The summed E-state index contributed by atoms with van der Waals surface area (Å²) in [5.74, 6) is 0.774. The summed E-state index contributed by atoms with van der Waals surface area (Å²) in [6.45, 7) is 0. The molecule has 0 spiro atoms. The van der Waals surface area contributed by atoms with Gasteiger partial charge in [0.1, 0.15) is 11.4 Å². The fourth-order valence-corrected chi connectivity index (χ4v) is 7.06. The van der Waals surface area contributed by atoms with Gasteiger partial charge in [-0.25, -0.2) is 0 Å². The first kappa shape index (κ1) is 28.3. The minimum atomic E-state index is 0.613. The summed E-state index contributed by atoms with van der Waals surface area (Å²) < 4.78 is 6.40. The fraction of sp³-hybridized carbons (Fsp3) is 0. The molecule has 50 heavy (non-hydrogen) atoms. The highest BCUT2D eigenvalue weighted by Gasteiger charge is 2.18. The van der Waals surface area contributed by atoms with Crippen LogP contribution in [0.15, 0.2) is 180 Å². The zero-order valence-corrected chi connectivity index (χ0v) is 27.0. The van der Waals surface area contributed by atoms with Crippen LogP contribution in [0.5, 0.6) is 0 Å². The van der Waals surface area contributed by atoms with Gasteiger partial charge in [0.05, 0.1) is 5.69 Å². The van der Waals surface area contributed by atoms with Crippen LogP contribution < -0.4 is 4.90 Å². The Morgan fingerprint density at radius 2 is 1.00 bits per heavy atom. The van der Waals surface area contributed by atoms with Crippen molar-refractivity contribution in [2.45, 2.75) is 0 Å². The van der Waals surface area contributed by atoms with E-state index in [-0.39, 0.29) is 0 Å². The van der Waals surface area contributed by atoms with Gasteiger partial charge in [0.15, 0.2) is 0 Å². The third kappa shape index (κ3) is 4.85. The van der Waals surface area contributed by atoms with E-state index in [4.69, 9.17) is 14.4 Å². The van der Waals surface area contributed by atoms with Crippen LogP contribution in [0, 0.1) is 0 Å². The highest BCUT2D eigenvalue weighted by molar-refractivity contribution is 6.09. The molecule has 0 fully saturated rings. The molecule has 234 valence electrons. The number of fused-ring (bicyclic) bond motifs is 6. The van der Waals surface area contributed by atoms with E-state index in [9.17, 15) is 0 Å². The van der Waals surface area contributed by atoms with Crippen LogP contribution in [0.2, 0.25) is 0 Å². The van der Waals surface area contributed by atoms with Crippen molar-refractivity contribution in [3.63, 3.8) is 0 Å². The Balaban J connectivity index is 1.08. The number of hydrogen-bond donors (Lipinski definition) is 0. The molecule has 10 aromatic rings. The molecule has 3 heterocycles. The first-order chi connectivity index (χ1) is 24.7. The Labute approximate surface area is 288 Å². The third-order valence-electron chi connectivity index (χ3n) is 9.68. The molecule has 0 radical (unpaired) electrons. The van der Waals surface area contributed by atoms with Crippen LogP contribution in [0.4, 0.5) is 17.2 Å². The summed E-state index contributed by atoms with van der Waals surface area (Å²) in [6, 6.07) is 59.7. The van der Waals surface area contributed by atoms with Crippen LogP contribution in [0.1, 0.15) is 0 Å². The zero-order chi connectivity index (χ0) is 33.0. The van der Waals surface area contributed by atoms with E-state index in [1.807, 2.05) is 12.3 Å². The number of furan rings is 1. The van der Waals surface area contributed by atoms with Gasteiger partial charge in [-0.05, 0) is 98.7 Å². The SMILES string of the molecule is c1ccc2cc(-c3ccc(N(c4ccc(-c5cc6ccccc6cn5)cc4)c4ccc5c(n4)oc4cc6ccccc6cc45)cc3)ccc2c1. The van der Waals surface area contributed by atoms with Crippen molar-refractivity contribution in [3.8, 4) is 22.4 Å². The van der Waals surface area contributed by atoms with Crippen LogP contribution >= 0.6 is 0 Å². The van der Waals surface area contributed by atoms with Crippen molar-refractivity contribution < 1.29 is 4.42 Å². The van der Waals surface area contributed by atoms with Crippen molar-refractivity contribution in [3.05, 3.63) is 176 Å². The Kier molecular flexibility index (Phi) is 6.46. The number of benzene rings is 7. The lowest BCUT2D eigenvalue weighted by atomic mass is 10.0. The molecule has 0 aliphatic heterocycles. The molecule has 0 aliphatic rings. The molecule has 7 aromatic carbocycles. The number of rotatable bonds is 5. The van der Waals surface area contributed by atoms with E-state index in [1.54, 1.807) is 0 Å². The molecular formula is C46H29N3O. The second kappa shape index (κ2) is 11.4. The van der Waals surface area contributed by atoms with Gasteiger partial charge in [-0.1, -0.05) is 109 Å². The Morgan fingerprint density at radius 1 is 0.420 bits per heavy atom. The monoisotopic (exact) mass is 639 g/mol. The first-order valence-electron chi connectivity index (χ1n) is 16.8. The molecule has 3 aromatic heterocycles. The third-order valence-corrected chi connectivity index (χ3v) is 9.68. The summed E-state index contributed by atoms with van der Waals surface area (Å²) in [7, 11) is 0. The van der Waals surface area contributed by atoms with Crippen molar-refractivity contribution in [1.82, 2.24) is 9.97 Å². The van der Waals surface area contributed by atoms with E-state index in [0.29, 0.717) is 5.71 Å². The fourth-order valence-electron chi connectivity index (χ4n) is 7.06. The number of pyridine rings is 2. The average molecular weight is 640 g/mol. The maximum absolute atomic E-state index is 6.40. The predicted molar refractivity (Wildman–Crippen MR) is 207 cm³/mol. The van der Waals surface area contributed by atoms with Gasteiger partial charge in [0, 0.05) is 39.3 Å². The topological polar surface area (TPSA) is 42.2 Å². The Bertz CT molecular complexity index is 2750. The molecule has 0 bridgehead atoms. The van der Waals surface area contributed by atoms with Crippen LogP contribution in [-0.2, 0) is 0 Å². The average Bonchev–Trinajstić information content (AvgIpc) is 3.53. The van der Waals surface area contributed by atoms with Crippen molar-refractivity contribution >= 4 is 71.6 Å². The Hall–Kier alpha value is -6.78. The zero-order valence-electron chi connectivity index (χ0n) is 27.0. The molecule has 0 amide bonds. The standard InChI is InChI=1S/C46H29N3O/c1-2-8-33-25-37(14-13-30(33)7-1)31-15-19-39(20-16-31)49(40-21-17-32(18-22-40)43-27-35-10-5-6-12-38(35)29-47-43)45-24-23-41-42-26-34-9-3-4-11-36(34)28-44(42)50-46(41)48-45/h1-29H. The van der Waals surface area contributed by atoms with Crippen LogP contribution in [0.3, 0.4) is 0 Å². The predicted octanol–water partition coefficient (Wildman–Crippen LogP) is 12.6. The molecular weight excluding hydrogens is 611 g/mol. The van der Waals surface area contributed by atoms with Gasteiger partial charge in [0.2, 0.25) is 5.71 Å². The van der Waals surface area contributed by atoms with Gasteiger partial charge < -0.3 is 4.42 Å². The number of hydrogen-bond acceptors (Lipinski definition) is 4. The van der Waals surface area contributed by atoms with Gasteiger partial charge in [0.25, 0.3) is 0 Å². The molecule has 0 N–H and O–H groups in total. The number of aromatic nitrogens is 2. The maximum Gasteiger partial charge on any atom is 0.229 e. The summed E-state index contributed by atoms with van der Waals surface area (Å²) in [6.07, 6.45) is 1.94. The smallest absolute Gasteiger partial charge is 0.229 e. The molecule has 0 aliphatic carbocycles. The lowest BCUT2D eigenvalue weighted by Gasteiger charge is -2.24. The second-order valence-electron chi connectivity index (χ2n) is 12.7. The number of anilines is 3. The van der Waals surface area contributed by atoms with E-state index in [1.165, 1.54) is 27.1 Å². The van der Waals surface area contributed by atoms with Crippen LogP contribution in [-0.4, -0.2) is 9.97 Å². The highest BCUT2D eigenvalue weighted by Crippen LogP contribution is 2.39. The lowest BCUT2D eigenvalue weighted by Crippen LogP contribution is -2.11. The van der Waals surface area contributed by atoms with E-state index >= 15 is 0 Å². The summed E-state index contributed by atoms with van der Waals surface area (Å²) >= 11 is 0. The molecule has 4 nitrogen and oxygen atoms in total. The quantitative estimate of drug-likeness (QED) is 0.188. The normalized spacial score (nSPS) is 11.6. The summed E-state index contributed by atoms with van der Waals surface area (Å²) in [5.41, 5.74) is 7.77. The minimum absolute atomic E-state index is 0.613. The van der Waals surface area contributed by atoms with Crippen molar-refractivity contribution in [2.75, 3.05) is 4.90 Å². The maximum atomic E-state index is 6.40. The molecule has 0 saturated heterocycles. The molecule has 4 heteroatoms. The first-order valence-corrected chi connectivity index (χ1v) is 16.8. The van der Waals surface area contributed by atoms with E-state index in [0.717, 1.165) is 61.1 Å². The molecule has 10 rings (SSSR count). The summed E-state index contributed by atoms with van der Waals surface area (Å²) in [5, 5.41) is 9.16. The van der Waals surface area contributed by atoms with E-state index in [2.05, 4.69) is 169 Å². The molecule has 0 saturated carbocycles. The second-order valence-corrected chi connectivity index (χ2v) is 12.7. The Morgan fingerprint density at radius 3 is 1.72 bits per heavy atom. The van der Waals surface area contributed by atoms with Gasteiger partial charge in [-0.15, -0.1) is 0 Å². The van der Waals surface area contributed by atoms with Crippen molar-refractivity contribution in [1.29, 1.82) is 0 Å². The summed E-state index contributed by atoms with van der Waals surface area (Å²) in [4.78, 5) is 12.1. The molecule has 0 atom stereocenters. The largest absolute Gasteiger partial charge is 0.438 e. The molecule has 0 unspecified atom stereocenters. The van der Waals surface area contributed by atoms with E-state index < -0.39 is 0 Å². The van der Waals surface area contributed by atoms with Crippen molar-refractivity contribution in [2.24, 2.45) is 0 Å². The van der Waals surface area contributed by atoms with Gasteiger partial charge in [-0.2, -0.15) is 4.98 Å². The highest BCUT2D eigenvalue weighted by atomic mass is 16.3.